The summed E-state index contributed by atoms with van der Waals surface area (Å²) in [5, 5.41) is 3.29. The van der Waals surface area contributed by atoms with Crippen LogP contribution >= 0.6 is 0 Å². The quantitative estimate of drug-likeness (QED) is 0.919. The van der Waals surface area contributed by atoms with Gasteiger partial charge in [-0.05, 0) is 36.8 Å². The Kier molecular flexibility index (Phi) is 4.90. The number of nitrogens with one attached hydrogen (secondary N) is 1. The third-order valence-electron chi connectivity index (χ3n) is 3.95. The van der Waals surface area contributed by atoms with Crippen LogP contribution < -0.4 is 15.1 Å². The maximum absolute atomic E-state index is 13.0. The largest absolute Gasteiger partial charge is 0.370 e. The number of nitrogens with zero attached hydrogens (tertiary/aromatic N) is 4. The average molecular weight is 315 g/mol. The molecule has 1 aliphatic rings. The smallest absolute Gasteiger partial charge is 0.227 e. The van der Waals surface area contributed by atoms with Gasteiger partial charge in [0.2, 0.25) is 5.95 Å². The number of benzene rings is 1. The van der Waals surface area contributed by atoms with E-state index in [1.54, 1.807) is 6.20 Å². The van der Waals surface area contributed by atoms with Crippen molar-refractivity contribution in [1.29, 1.82) is 0 Å². The SMILES string of the molecule is CCCNc1ccnc(N2CCN(c3ccc(F)cc3)CC2)n1. The first-order chi connectivity index (χ1) is 11.3. The van der Waals surface area contributed by atoms with Gasteiger partial charge in [0.15, 0.2) is 0 Å². The van der Waals surface area contributed by atoms with Crippen LogP contribution in [-0.4, -0.2) is 42.7 Å². The minimum atomic E-state index is -0.197. The van der Waals surface area contributed by atoms with Crippen molar-refractivity contribution in [3.63, 3.8) is 0 Å². The first kappa shape index (κ1) is 15.5. The lowest BCUT2D eigenvalue weighted by Gasteiger charge is -2.36. The van der Waals surface area contributed by atoms with E-state index in [2.05, 4.69) is 32.0 Å². The molecular formula is C17H22FN5. The zero-order valence-electron chi connectivity index (χ0n) is 13.4. The van der Waals surface area contributed by atoms with E-state index in [0.717, 1.165) is 56.6 Å². The Morgan fingerprint density at radius 1 is 1.04 bits per heavy atom. The molecule has 0 saturated carbocycles. The van der Waals surface area contributed by atoms with E-state index in [-0.39, 0.29) is 5.82 Å². The van der Waals surface area contributed by atoms with Crippen LogP contribution in [0.3, 0.4) is 0 Å². The Morgan fingerprint density at radius 3 is 2.43 bits per heavy atom. The van der Waals surface area contributed by atoms with Gasteiger partial charge < -0.3 is 15.1 Å². The number of hydrogen-bond acceptors (Lipinski definition) is 5. The van der Waals surface area contributed by atoms with E-state index in [0.29, 0.717) is 0 Å². The number of piperazine rings is 1. The van der Waals surface area contributed by atoms with Gasteiger partial charge in [0, 0.05) is 44.6 Å². The monoisotopic (exact) mass is 315 g/mol. The van der Waals surface area contributed by atoms with Crippen molar-refractivity contribution in [3.8, 4) is 0 Å². The topological polar surface area (TPSA) is 44.3 Å². The van der Waals surface area contributed by atoms with Crippen LogP contribution in [0.1, 0.15) is 13.3 Å². The second-order valence-corrected chi connectivity index (χ2v) is 5.62. The van der Waals surface area contributed by atoms with Crippen LogP contribution in [0.25, 0.3) is 0 Å². The van der Waals surface area contributed by atoms with Gasteiger partial charge in [-0.2, -0.15) is 4.98 Å². The lowest BCUT2D eigenvalue weighted by atomic mass is 10.2. The van der Waals surface area contributed by atoms with Crippen molar-refractivity contribution >= 4 is 17.5 Å². The predicted octanol–water partition coefficient (Wildman–Crippen LogP) is 2.76. The zero-order chi connectivity index (χ0) is 16.1. The van der Waals surface area contributed by atoms with Gasteiger partial charge in [-0.3, -0.25) is 0 Å². The molecule has 5 nitrogen and oxygen atoms in total. The lowest BCUT2D eigenvalue weighted by molar-refractivity contribution is 0.623. The van der Waals surface area contributed by atoms with Crippen LogP contribution in [0.15, 0.2) is 36.5 Å². The Labute approximate surface area is 136 Å². The van der Waals surface area contributed by atoms with Gasteiger partial charge >= 0.3 is 0 Å². The highest BCUT2D eigenvalue weighted by atomic mass is 19.1. The lowest BCUT2D eigenvalue weighted by Crippen LogP contribution is -2.47. The van der Waals surface area contributed by atoms with Crippen molar-refractivity contribution in [2.24, 2.45) is 0 Å². The molecule has 1 aromatic carbocycles. The van der Waals surface area contributed by atoms with Crippen LogP contribution in [-0.2, 0) is 0 Å². The standard InChI is InChI=1S/C17H22FN5/c1-2-8-19-16-7-9-20-17(21-16)23-12-10-22(11-13-23)15-5-3-14(18)4-6-15/h3-7,9H,2,8,10-13H2,1H3,(H,19,20,21). The summed E-state index contributed by atoms with van der Waals surface area (Å²) in [5.74, 6) is 1.44. The molecule has 1 fully saturated rings. The van der Waals surface area contributed by atoms with E-state index < -0.39 is 0 Å². The van der Waals surface area contributed by atoms with E-state index in [4.69, 9.17) is 0 Å². The molecule has 3 rings (SSSR count). The van der Waals surface area contributed by atoms with Crippen LogP contribution in [0.5, 0.6) is 0 Å². The first-order valence-electron chi connectivity index (χ1n) is 8.08. The molecule has 6 heteroatoms. The molecule has 0 amide bonds. The number of hydrogen-bond donors (Lipinski definition) is 1. The summed E-state index contributed by atoms with van der Waals surface area (Å²) in [4.78, 5) is 13.4. The van der Waals surface area contributed by atoms with Crippen molar-refractivity contribution in [2.75, 3.05) is 47.8 Å². The number of halogens is 1. The fraction of sp³-hybridized carbons (Fsp3) is 0.412. The van der Waals surface area contributed by atoms with Crippen LogP contribution in [0.2, 0.25) is 0 Å². The summed E-state index contributed by atoms with van der Waals surface area (Å²) in [6.45, 7) is 6.50. The molecule has 122 valence electrons. The fourth-order valence-electron chi connectivity index (χ4n) is 2.67. The molecule has 0 atom stereocenters. The molecule has 1 aromatic heterocycles. The molecule has 0 spiro atoms. The zero-order valence-corrected chi connectivity index (χ0v) is 13.4. The van der Waals surface area contributed by atoms with Crippen molar-refractivity contribution in [1.82, 2.24) is 9.97 Å². The Morgan fingerprint density at radius 2 is 1.74 bits per heavy atom. The molecule has 1 aliphatic heterocycles. The third kappa shape index (κ3) is 3.88. The fourth-order valence-corrected chi connectivity index (χ4v) is 2.67. The minimum absolute atomic E-state index is 0.197. The normalized spacial score (nSPS) is 14.9. The molecule has 1 N–H and O–H groups in total. The second kappa shape index (κ2) is 7.26. The van der Waals surface area contributed by atoms with E-state index in [9.17, 15) is 4.39 Å². The summed E-state index contributed by atoms with van der Waals surface area (Å²) in [6.07, 6.45) is 2.86. The summed E-state index contributed by atoms with van der Waals surface area (Å²) >= 11 is 0. The third-order valence-corrected chi connectivity index (χ3v) is 3.95. The van der Waals surface area contributed by atoms with Crippen molar-refractivity contribution in [2.45, 2.75) is 13.3 Å². The molecular weight excluding hydrogens is 293 g/mol. The molecule has 23 heavy (non-hydrogen) atoms. The maximum Gasteiger partial charge on any atom is 0.227 e. The molecule has 0 unspecified atom stereocenters. The summed E-state index contributed by atoms with van der Waals surface area (Å²) in [5.41, 5.74) is 1.06. The first-order valence-corrected chi connectivity index (χ1v) is 8.08. The molecule has 0 aliphatic carbocycles. The van der Waals surface area contributed by atoms with Gasteiger partial charge in [-0.1, -0.05) is 6.92 Å². The van der Waals surface area contributed by atoms with E-state index in [1.165, 1.54) is 12.1 Å². The van der Waals surface area contributed by atoms with Gasteiger partial charge in [-0.25, -0.2) is 9.37 Å². The number of rotatable bonds is 5. The highest BCUT2D eigenvalue weighted by molar-refractivity contribution is 5.49. The highest BCUT2D eigenvalue weighted by Crippen LogP contribution is 2.19. The average Bonchev–Trinajstić information content (AvgIpc) is 2.61. The molecule has 0 radical (unpaired) electrons. The van der Waals surface area contributed by atoms with Gasteiger partial charge in [0.05, 0.1) is 0 Å². The van der Waals surface area contributed by atoms with Gasteiger partial charge in [0.1, 0.15) is 11.6 Å². The number of anilines is 3. The second-order valence-electron chi connectivity index (χ2n) is 5.62. The maximum atomic E-state index is 13.0. The molecule has 0 bridgehead atoms. The molecule has 2 heterocycles. The summed E-state index contributed by atoms with van der Waals surface area (Å²) in [6, 6.07) is 8.57. The van der Waals surface area contributed by atoms with Gasteiger partial charge in [0.25, 0.3) is 0 Å². The summed E-state index contributed by atoms with van der Waals surface area (Å²) < 4.78 is 13.0. The molecule has 2 aromatic rings. The van der Waals surface area contributed by atoms with Crippen molar-refractivity contribution in [3.05, 3.63) is 42.3 Å². The highest BCUT2D eigenvalue weighted by Gasteiger charge is 2.19. The Hall–Kier alpha value is -2.37. The Bertz CT molecular complexity index is 623. The van der Waals surface area contributed by atoms with E-state index >= 15 is 0 Å². The van der Waals surface area contributed by atoms with Crippen LogP contribution in [0.4, 0.5) is 21.8 Å². The Balaban J connectivity index is 1.61. The van der Waals surface area contributed by atoms with Crippen molar-refractivity contribution < 1.29 is 4.39 Å². The van der Waals surface area contributed by atoms with E-state index in [1.807, 2.05) is 18.2 Å². The molecule has 1 saturated heterocycles. The minimum Gasteiger partial charge on any atom is -0.370 e. The predicted molar refractivity (Wildman–Crippen MR) is 91.6 cm³/mol. The number of aromatic nitrogens is 2. The summed E-state index contributed by atoms with van der Waals surface area (Å²) in [7, 11) is 0. The van der Waals surface area contributed by atoms with Crippen LogP contribution in [0, 0.1) is 5.82 Å². The van der Waals surface area contributed by atoms with Gasteiger partial charge in [-0.15, -0.1) is 0 Å².